The molecule has 2 aliphatic heterocycles. The fourth-order valence-electron chi connectivity index (χ4n) is 4.31. The van der Waals surface area contributed by atoms with E-state index in [-0.39, 0.29) is 5.91 Å². The van der Waals surface area contributed by atoms with Crippen molar-refractivity contribution in [3.8, 4) is 0 Å². The molecule has 2 N–H and O–H groups in total. The van der Waals surface area contributed by atoms with Gasteiger partial charge in [0, 0.05) is 44.5 Å². The maximum Gasteiger partial charge on any atom is 0.224 e. The van der Waals surface area contributed by atoms with E-state index in [4.69, 9.17) is 4.74 Å². The first-order valence-corrected chi connectivity index (χ1v) is 11.3. The monoisotopic (exact) mass is 407 g/mol. The zero-order chi connectivity index (χ0) is 20.6. The minimum Gasteiger partial charge on any atom is -0.377 e. The first kappa shape index (κ1) is 20.9. The molecule has 5 heteroatoms. The lowest BCUT2D eigenvalue weighted by Gasteiger charge is -2.34. The lowest BCUT2D eigenvalue weighted by molar-refractivity contribution is -0.120. The van der Waals surface area contributed by atoms with Crippen LogP contribution in [0.15, 0.2) is 54.6 Å². The Labute approximate surface area is 179 Å². The first-order chi connectivity index (χ1) is 14.8. The van der Waals surface area contributed by atoms with E-state index >= 15 is 0 Å². The molecule has 2 fully saturated rings. The van der Waals surface area contributed by atoms with Crippen LogP contribution in [0, 0.1) is 0 Å². The summed E-state index contributed by atoms with van der Waals surface area (Å²) in [5.74, 6) is 0.0599. The van der Waals surface area contributed by atoms with Gasteiger partial charge in [-0.2, -0.15) is 0 Å². The normalized spacial score (nSPS) is 19.7. The Morgan fingerprint density at radius 2 is 1.73 bits per heavy atom. The highest BCUT2D eigenvalue weighted by atomic mass is 16.5. The number of anilines is 1. The van der Waals surface area contributed by atoms with Crippen LogP contribution in [0.5, 0.6) is 0 Å². The SMILES string of the molecule is O=C(Cc1ccc(N2CCC(NCC3CCCO3)CC2)cc1)NCc1ccccc1. The predicted molar refractivity (Wildman–Crippen MR) is 121 cm³/mol. The van der Waals surface area contributed by atoms with Crippen molar-refractivity contribution in [3.05, 3.63) is 65.7 Å². The van der Waals surface area contributed by atoms with Crippen molar-refractivity contribution in [2.75, 3.05) is 31.1 Å². The zero-order valence-corrected chi connectivity index (χ0v) is 17.7. The van der Waals surface area contributed by atoms with E-state index < -0.39 is 0 Å². The summed E-state index contributed by atoms with van der Waals surface area (Å²) in [5.41, 5.74) is 3.42. The second-order valence-electron chi connectivity index (χ2n) is 8.41. The van der Waals surface area contributed by atoms with Crippen LogP contribution in [0.3, 0.4) is 0 Å². The second kappa shape index (κ2) is 10.6. The van der Waals surface area contributed by atoms with E-state index in [9.17, 15) is 4.79 Å². The maximum absolute atomic E-state index is 12.2. The van der Waals surface area contributed by atoms with Crippen LogP contribution in [0.4, 0.5) is 5.69 Å². The molecular weight excluding hydrogens is 374 g/mol. The van der Waals surface area contributed by atoms with Crippen LogP contribution in [0.1, 0.15) is 36.8 Å². The lowest BCUT2D eigenvalue weighted by atomic mass is 10.0. The van der Waals surface area contributed by atoms with Gasteiger partial charge in [0.1, 0.15) is 0 Å². The Morgan fingerprint density at radius 3 is 2.43 bits per heavy atom. The van der Waals surface area contributed by atoms with Gasteiger partial charge in [0.15, 0.2) is 0 Å². The van der Waals surface area contributed by atoms with Gasteiger partial charge in [0.05, 0.1) is 12.5 Å². The summed E-state index contributed by atoms with van der Waals surface area (Å²) in [4.78, 5) is 14.7. The van der Waals surface area contributed by atoms with Crippen molar-refractivity contribution in [3.63, 3.8) is 0 Å². The molecule has 2 heterocycles. The van der Waals surface area contributed by atoms with Crippen molar-refractivity contribution in [1.82, 2.24) is 10.6 Å². The second-order valence-corrected chi connectivity index (χ2v) is 8.41. The number of ether oxygens (including phenoxy) is 1. The third-order valence-electron chi connectivity index (χ3n) is 6.15. The Hall–Kier alpha value is -2.37. The molecule has 0 aliphatic carbocycles. The van der Waals surface area contributed by atoms with Gasteiger partial charge in [-0.1, -0.05) is 42.5 Å². The number of carbonyl (C=O) groups excluding carboxylic acids is 1. The number of piperidine rings is 1. The van der Waals surface area contributed by atoms with E-state index in [1.807, 2.05) is 30.3 Å². The molecule has 0 aromatic heterocycles. The number of benzene rings is 2. The molecular formula is C25H33N3O2. The highest BCUT2D eigenvalue weighted by molar-refractivity contribution is 5.78. The van der Waals surface area contributed by atoms with Crippen LogP contribution >= 0.6 is 0 Å². The van der Waals surface area contributed by atoms with E-state index in [1.165, 1.54) is 18.5 Å². The minimum atomic E-state index is 0.0599. The fourth-order valence-corrected chi connectivity index (χ4v) is 4.31. The molecule has 1 amide bonds. The topological polar surface area (TPSA) is 53.6 Å². The van der Waals surface area contributed by atoms with Gasteiger partial charge < -0.3 is 20.3 Å². The van der Waals surface area contributed by atoms with Crippen LogP contribution in [-0.4, -0.2) is 44.3 Å². The van der Waals surface area contributed by atoms with E-state index in [0.29, 0.717) is 25.1 Å². The van der Waals surface area contributed by atoms with Crippen molar-refractivity contribution in [1.29, 1.82) is 0 Å². The lowest BCUT2D eigenvalue weighted by Crippen LogP contribution is -2.44. The number of nitrogens with one attached hydrogen (secondary N) is 2. The molecule has 2 aliphatic rings. The van der Waals surface area contributed by atoms with Gasteiger partial charge in [-0.25, -0.2) is 0 Å². The molecule has 2 saturated heterocycles. The summed E-state index contributed by atoms with van der Waals surface area (Å²) in [6, 6.07) is 19.1. The summed E-state index contributed by atoms with van der Waals surface area (Å²) in [6.07, 6.45) is 5.56. The summed E-state index contributed by atoms with van der Waals surface area (Å²) in [6.45, 7) is 4.63. The molecule has 30 heavy (non-hydrogen) atoms. The van der Waals surface area contributed by atoms with Gasteiger partial charge >= 0.3 is 0 Å². The summed E-state index contributed by atoms with van der Waals surface area (Å²) < 4.78 is 5.71. The van der Waals surface area contributed by atoms with Crippen molar-refractivity contribution >= 4 is 11.6 Å². The Morgan fingerprint density at radius 1 is 0.967 bits per heavy atom. The molecule has 0 radical (unpaired) electrons. The molecule has 160 valence electrons. The van der Waals surface area contributed by atoms with E-state index in [1.54, 1.807) is 0 Å². The van der Waals surface area contributed by atoms with E-state index in [0.717, 1.165) is 50.2 Å². The van der Waals surface area contributed by atoms with Crippen molar-refractivity contribution in [2.45, 2.75) is 50.8 Å². The largest absolute Gasteiger partial charge is 0.377 e. The Kier molecular flexibility index (Phi) is 7.38. The Balaban J connectivity index is 1.18. The predicted octanol–water partition coefficient (Wildman–Crippen LogP) is 3.28. The number of hydrogen-bond acceptors (Lipinski definition) is 4. The summed E-state index contributed by atoms with van der Waals surface area (Å²) >= 11 is 0. The smallest absolute Gasteiger partial charge is 0.224 e. The number of rotatable bonds is 8. The summed E-state index contributed by atoms with van der Waals surface area (Å²) in [5, 5.41) is 6.69. The number of nitrogens with zero attached hydrogens (tertiary/aromatic N) is 1. The average Bonchev–Trinajstić information content (AvgIpc) is 3.32. The molecule has 1 unspecified atom stereocenters. The molecule has 0 bridgehead atoms. The van der Waals surface area contributed by atoms with Gasteiger partial charge in [-0.3, -0.25) is 4.79 Å². The van der Waals surface area contributed by atoms with Crippen molar-refractivity contribution < 1.29 is 9.53 Å². The molecule has 1 atom stereocenters. The third-order valence-corrected chi connectivity index (χ3v) is 6.15. The molecule has 4 rings (SSSR count). The number of carbonyl (C=O) groups is 1. The Bertz CT molecular complexity index is 780. The maximum atomic E-state index is 12.2. The molecule has 0 spiro atoms. The number of amides is 1. The molecule has 2 aromatic rings. The quantitative estimate of drug-likeness (QED) is 0.705. The van der Waals surface area contributed by atoms with Crippen molar-refractivity contribution in [2.24, 2.45) is 0 Å². The standard InChI is InChI=1S/C25H33N3O2/c29-25(27-18-21-5-2-1-3-6-21)17-20-8-10-23(11-9-20)28-14-12-22(13-15-28)26-19-24-7-4-16-30-24/h1-3,5-6,8-11,22,24,26H,4,7,12-19H2,(H,27,29). The van der Waals surface area contributed by atoms with Gasteiger partial charge in [-0.05, 0) is 48.9 Å². The highest BCUT2D eigenvalue weighted by Crippen LogP contribution is 2.21. The van der Waals surface area contributed by atoms with Crippen LogP contribution in [-0.2, 0) is 22.5 Å². The van der Waals surface area contributed by atoms with Gasteiger partial charge in [0.25, 0.3) is 0 Å². The molecule has 5 nitrogen and oxygen atoms in total. The average molecular weight is 408 g/mol. The first-order valence-electron chi connectivity index (χ1n) is 11.3. The van der Waals surface area contributed by atoms with E-state index in [2.05, 4.69) is 39.8 Å². The van der Waals surface area contributed by atoms with Crippen LogP contribution < -0.4 is 15.5 Å². The highest BCUT2D eigenvalue weighted by Gasteiger charge is 2.21. The third kappa shape index (κ3) is 6.07. The fraction of sp³-hybridized carbons (Fsp3) is 0.480. The number of hydrogen-bond donors (Lipinski definition) is 2. The molecule has 2 aromatic carbocycles. The van der Waals surface area contributed by atoms with Gasteiger partial charge in [0.2, 0.25) is 5.91 Å². The summed E-state index contributed by atoms with van der Waals surface area (Å²) in [7, 11) is 0. The van der Waals surface area contributed by atoms with Crippen LogP contribution in [0.25, 0.3) is 0 Å². The zero-order valence-electron chi connectivity index (χ0n) is 17.7. The van der Waals surface area contributed by atoms with Gasteiger partial charge in [-0.15, -0.1) is 0 Å². The van der Waals surface area contributed by atoms with Crippen LogP contribution in [0.2, 0.25) is 0 Å². The minimum absolute atomic E-state index is 0.0599. The molecule has 0 saturated carbocycles.